The number of alkyl halides is 8. The molecule has 1 heterocycles. The van der Waals surface area contributed by atoms with Gasteiger partial charge in [-0.25, -0.2) is 13.6 Å². The van der Waals surface area contributed by atoms with Crippen LogP contribution in [0.15, 0.2) is 42.6 Å². The number of benzene rings is 1. The summed E-state index contributed by atoms with van der Waals surface area (Å²) >= 11 is 0. The minimum absolute atomic E-state index is 0.342. The van der Waals surface area contributed by atoms with Gasteiger partial charge in [0.05, 0.1) is 11.3 Å². The molecule has 0 N–H and O–H groups in total. The highest BCUT2D eigenvalue weighted by atomic mass is 19.4. The van der Waals surface area contributed by atoms with E-state index >= 15 is 0 Å². The smallest absolute Gasteiger partial charge is 0.381 e. The van der Waals surface area contributed by atoms with Gasteiger partial charge in [0.15, 0.2) is 6.61 Å². The Balaban J connectivity index is 2.07. The van der Waals surface area contributed by atoms with E-state index in [1.54, 1.807) is 12.3 Å². The van der Waals surface area contributed by atoms with Crippen LogP contribution in [-0.4, -0.2) is 41.8 Å². The topological polar surface area (TPSA) is 39.2 Å². The lowest BCUT2D eigenvalue weighted by atomic mass is 10.1. The molecule has 3 nitrogen and oxygen atoms in total. The van der Waals surface area contributed by atoms with E-state index in [0.29, 0.717) is 11.3 Å². The molecule has 0 bridgehead atoms. The molecule has 0 aliphatic carbocycles. The number of aromatic nitrogens is 1. The first-order valence-corrected chi connectivity index (χ1v) is 8.97. The molecule has 0 unspecified atom stereocenters. The number of carbonyl (C=O) groups is 1. The van der Waals surface area contributed by atoms with E-state index in [1.807, 2.05) is 13.0 Å². The van der Waals surface area contributed by atoms with Gasteiger partial charge in [-0.05, 0) is 30.2 Å². The van der Waals surface area contributed by atoms with Crippen molar-refractivity contribution in [3.63, 3.8) is 0 Å². The molecule has 0 atom stereocenters. The number of ether oxygens (including phenoxy) is 1. The molecule has 1 aromatic heterocycles. The summed E-state index contributed by atoms with van der Waals surface area (Å²) in [6.07, 6.45) is -1.60. The van der Waals surface area contributed by atoms with Crippen molar-refractivity contribution in [1.29, 1.82) is 0 Å². The summed E-state index contributed by atoms with van der Waals surface area (Å²) in [5.41, 5.74) is 1.76. The fourth-order valence-corrected chi connectivity index (χ4v) is 2.52. The number of rotatable bonds is 9. The van der Waals surface area contributed by atoms with Crippen molar-refractivity contribution in [2.75, 3.05) is 6.61 Å². The molecule has 170 valence electrons. The van der Waals surface area contributed by atoms with Gasteiger partial charge < -0.3 is 4.74 Å². The van der Waals surface area contributed by atoms with Gasteiger partial charge in [-0.2, -0.15) is 26.3 Å². The number of carbonyl (C=O) groups excluding carboxylic acids is 1. The standard InChI is InChI=1S/C20H17F8NO2/c1-2-3-12-4-9-15(29-10-12)13-5-7-14(8-6-13)16(30)31-11-18(23,24)20(27,28)19(25,26)17(21)22/h4-10,17H,2-3,11H2,1H3. The van der Waals surface area contributed by atoms with Crippen LogP contribution >= 0.6 is 0 Å². The predicted octanol–water partition coefficient (Wildman–Crippen LogP) is 6.03. The number of hydrogen-bond donors (Lipinski definition) is 0. The Bertz CT molecular complexity index is 883. The summed E-state index contributed by atoms with van der Waals surface area (Å²) in [5.74, 6) is -20.0. The van der Waals surface area contributed by atoms with Crippen LogP contribution in [-0.2, 0) is 11.2 Å². The maximum absolute atomic E-state index is 13.5. The highest BCUT2D eigenvalue weighted by molar-refractivity contribution is 5.90. The van der Waals surface area contributed by atoms with E-state index in [-0.39, 0.29) is 5.56 Å². The number of esters is 1. The van der Waals surface area contributed by atoms with Crippen molar-refractivity contribution in [3.05, 3.63) is 53.7 Å². The van der Waals surface area contributed by atoms with Crippen molar-refractivity contribution >= 4 is 5.97 Å². The number of pyridine rings is 1. The first kappa shape index (κ1) is 24.5. The van der Waals surface area contributed by atoms with Crippen LogP contribution in [0.25, 0.3) is 11.3 Å². The summed E-state index contributed by atoms with van der Waals surface area (Å²) in [7, 11) is 0. The molecule has 2 rings (SSSR count). The third-order valence-corrected chi connectivity index (χ3v) is 4.32. The SMILES string of the molecule is CCCc1ccc(-c2ccc(C(=O)OCC(F)(F)C(F)(F)C(F)(F)C(F)F)cc2)nc1. The molecule has 0 saturated carbocycles. The van der Waals surface area contributed by atoms with Crippen LogP contribution in [0.4, 0.5) is 35.1 Å². The van der Waals surface area contributed by atoms with Gasteiger partial charge in [-0.15, -0.1) is 0 Å². The van der Waals surface area contributed by atoms with Gasteiger partial charge in [-0.3, -0.25) is 4.98 Å². The third kappa shape index (κ3) is 5.13. The average molecular weight is 455 g/mol. The van der Waals surface area contributed by atoms with E-state index in [0.717, 1.165) is 30.5 Å². The zero-order valence-corrected chi connectivity index (χ0v) is 16.0. The monoisotopic (exact) mass is 455 g/mol. The minimum atomic E-state index is -6.44. The first-order chi connectivity index (χ1) is 14.3. The number of halogens is 8. The molecule has 0 fully saturated rings. The van der Waals surface area contributed by atoms with Gasteiger partial charge in [0.1, 0.15) is 0 Å². The van der Waals surface area contributed by atoms with Crippen LogP contribution in [0, 0.1) is 0 Å². The van der Waals surface area contributed by atoms with Gasteiger partial charge in [0.2, 0.25) is 0 Å². The van der Waals surface area contributed by atoms with Gasteiger partial charge in [0, 0.05) is 11.8 Å². The highest BCUT2D eigenvalue weighted by Crippen LogP contribution is 2.48. The Morgan fingerprint density at radius 2 is 1.61 bits per heavy atom. The number of nitrogens with zero attached hydrogens (tertiary/aromatic N) is 1. The second kappa shape index (κ2) is 9.19. The number of aryl methyl sites for hydroxylation is 1. The summed E-state index contributed by atoms with van der Waals surface area (Å²) in [6.45, 7) is -0.504. The van der Waals surface area contributed by atoms with Crippen LogP contribution in [0.5, 0.6) is 0 Å². The lowest BCUT2D eigenvalue weighted by Gasteiger charge is -2.31. The maximum Gasteiger partial charge on any atom is 0.381 e. The third-order valence-electron chi connectivity index (χ3n) is 4.32. The number of hydrogen-bond acceptors (Lipinski definition) is 3. The van der Waals surface area contributed by atoms with Gasteiger partial charge in [-0.1, -0.05) is 31.5 Å². The minimum Gasteiger partial charge on any atom is -0.455 e. The second-order valence-electron chi connectivity index (χ2n) is 6.66. The molecule has 0 amide bonds. The molecular weight excluding hydrogens is 438 g/mol. The summed E-state index contributed by atoms with van der Waals surface area (Å²) in [4.78, 5) is 16.1. The normalized spacial score (nSPS) is 12.8. The summed E-state index contributed by atoms with van der Waals surface area (Å²) in [6, 6.07) is 8.61. The second-order valence-corrected chi connectivity index (χ2v) is 6.66. The predicted molar refractivity (Wildman–Crippen MR) is 94.8 cm³/mol. The Labute approximate surface area is 172 Å². The molecule has 0 aliphatic rings. The fraction of sp³-hybridized carbons (Fsp3) is 0.400. The maximum atomic E-state index is 13.5. The highest BCUT2D eigenvalue weighted by Gasteiger charge is 2.75. The molecular formula is C20H17F8NO2. The first-order valence-electron chi connectivity index (χ1n) is 8.97. The van der Waals surface area contributed by atoms with Crippen molar-refractivity contribution in [3.8, 4) is 11.3 Å². The Hall–Kier alpha value is -2.72. The van der Waals surface area contributed by atoms with Gasteiger partial charge >= 0.3 is 30.2 Å². The van der Waals surface area contributed by atoms with Crippen molar-refractivity contribution < 1.29 is 44.7 Å². The molecule has 0 spiro atoms. The van der Waals surface area contributed by atoms with Crippen LogP contribution in [0.3, 0.4) is 0 Å². The average Bonchev–Trinajstić information content (AvgIpc) is 2.72. The zero-order valence-electron chi connectivity index (χ0n) is 16.0. The van der Waals surface area contributed by atoms with E-state index < -0.39 is 36.8 Å². The Morgan fingerprint density at radius 1 is 1.00 bits per heavy atom. The quantitative estimate of drug-likeness (QED) is 0.343. The largest absolute Gasteiger partial charge is 0.455 e. The summed E-state index contributed by atoms with van der Waals surface area (Å²) < 4.78 is 107. The molecule has 1 aromatic carbocycles. The summed E-state index contributed by atoms with van der Waals surface area (Å²) in [5, 5.41) is 0. The van der Waals surface area contributed by atoms with Gasteiger partial charge in [0.25, 0.3) is 0 Å². The molecule has 2 aromatic rings. The van der Waals surface area contributed by atoms with E-state index in [4.69, 9.17) is 0 Å². The van der Waals surface area contributed by atoms with Crippen molar-refractivity contribution in [1.82, 2.24) is 4.98 Å². The molecule has 0 aliphatic heterocycles. The van der Waals surface area contributed by atoms with E-state index in [2.05, 4.69) is 9.72 Å². The Kier molecular flexibility index (Phi) is 7.28. The molecule has 31 heavy (non-hydrogen) atoms. The van der Waals surface area contributed by atoms with Crippen LogP contribution in [0.1, 0.15) is 29.3 Å². The fourth-order valence-electron chi connectivity index (χ4n) is 2.52. The van der Waals surface area contributed by atoms with Crippen LogP contribution < -0.4 is 0 Å². The van der Waals surface area contributed by atoms with Crippen LogP contribution in [0.2, 0.25) is 0 Å². The van der Waals surface area contributed by atoms with E-state index in [1.165, 1.54) is 12.1 Å². The van der Waals surface area contributed by atoms with Crippen molar-refractivity contribution in [2.45, 2.75) is 44.0 Å². The molecule has 0 radical (unpaired) electrons. The van der Waals surface area contributed by atoms with E-state index in [9.17, 15) is 39.9 Å². The zero-order chi connectivity index (χ0) is 23.4. The van der Waals surface area contributed by atoms with Crippen molar-refractivity contribution in [2.24, 2.45) is 0 Å². The Morgan fingerprint density at radius 3 is 2.10 bits per heavy atom. The molecule has 0 saturated heterocycles. The molecule has 11 heteroatoms. The lowest BCUT2D eigenvalue weighted by Crippen LogP contribution is -2.59. The lowest BCUT2D eigenvalue weighted by molar-refractivity contribution is -0.343.